The highest BCUT2D eigenvalue weighted by Crippen LogP contribution is 2.36. The Balaban J connectivity index is 1.66. The SMILES string of the molecule is CCOC(=O)C[C@H](CCC(=O)[C@H](CC(C)C)n1nc(CCN2CC(F)C2)cc(C)c1=O)c1cc(-c2c(C)cc(C)cc2C)cc(C)c1F. The first-order valence-corrected chi connectivity index (χ1v) is 17.2. The second-order valence-electron chi connectivity index (χ2n) is 14.0. The van der Waals surface area contributed by atoms with E-state index in [4.69, 9.17) is 4.74 Å². The average molecular weight is 664 g/mol. The highest BCUT2D eigenvalue weighted by atomic mass is 19.1. The molecule has 0 amide bonds. The number of rotatable bonds is 15. The van der Waals surface area contributed by atoms with Gasteiger partial charge >= 0.3 is 5.97 Å². The summed E-state index contributed by atoms with van der Waals surface area (Å²) in [7, 11) is 0. The van der Waals surface area contributed by atoms with Crippen molar-refractivity contribution in [1.82, 2.24) is 14.7 Å². The monoisotopic (exact) mass is 663 g/mol. The van der Waals surface area contributed by atoms with E-state index in [-0.39, 0.29) is 43.1 Å². The van der Waals surface area contributed by atoms with Gasteiger partial charge in [-0.25, -0.2) is 13.5 Å². The van der Waals surface area contributed by atoms with E-state index in [1.807, 2.05) is 51.7 Å². The largest absolute Gasteiger partial charge is 0.466 e. The number of ether oxygens (including phenoxy) is 1. The molecule has 0 radical (unpaired) electrons. The van der Waals surface area contributed by atoms with Crippen LogP contribution in [0.3, 0.4) is 0 Å². The minimum Gasteiger partial charge on any atom is -0.466 e. The van der Waals surface area contributed by atoms with Gasteiger partial charge in [-0.2, -0.15) is 5.10 Å². The molecule has 1 aliphatic heterocycles. The van der Waals surface area contributed by atoms with Crippen molar-refractivity contribution in [1.29, 1.82) is 0 Å². The minimum atomic E-state index is -0.811. The molecule has 2 heterocycles. The van der Waals surface area contributed by atoms with Crippen LogP contribution >= 0.6 is 0 Å². The van der Waals surface area contributed by atoms with E-state index in [2.05, 4.69) is 17.2 Å². The van der Waals surface area contributed by atoms with Gasteiger partial charge in [-0.3, -0.25) is 19.3 Å². The first-order chi connectivity index (χ1) is 22.7. The molecule has 9 heteroatoms. The third-order valence-electron chi connectivity index (χ3n) is 9.27. The van der Waals surface area contributed by atoms with Gasteiger partial charge in [0.25, 0.3) is 5.56 Å². The summed E-state index contributed by atoms with van der Waals surface area (Å²) in [6, 6.07) is 8.78. The van der Waals surface area contributed by atoms with Crippen molar-refractivity contribution >= 4 is 11.8 Å². The number of Topliss-reactive ketones (excluding diaryl/α,β-unsaturated/α-hetero) is 1. The zero-order valence-electron chi connectivity index (χ0n) is 29.8. The summed E-state index contributed by atoms with van der Waals surface area (Å²) in [4.78, 5) is 42.3. The standard InChI is InChI=1S/C39H51F2N3O4/c1-9-48-36(46)20-29(33-19-30(17-27(7)38(33)41)37-25(5)15-24(4)16-26(37)6)10-11-35(45)34(14-23(2)3)44-39(47)28(8)18-32(42-44)12-13-43-21-31(40)22-43/h15-19,23,29,31,34H,9-14,20-22H2,1-8H3/t29-,34-/m0/s1. The zero-order valence-corrected chi connectivity index (χ0v) is 29.8. The molecule has 0 saturated carbocycles. The molecule has 7 nitrogen and oxygen atoms in total. The Morgan fingerprint density at radius 1 is 0.979 bits per heavy atom. The summed E-state index contributed by atoms with van der Waals surface area (Å²) in [6.45, 7) is 16.9. The summed E-state index contributed by atoms with van der Waals surface area (Å²) in [6.07, 6.45) is 0.282. The maximum absolute atomic E-state index is 16.0. The van der Waals surface area contributed by atoms with Crippen LogP contribution in [0.15, 0.2) is 35.1 Å². The number of ketones is 1. The van der Waals surface area contributed by atoms with Crippen molar-refractivity contribution < 1.29 is 23.1 Å². The molecule has 0 aliphatic carbocycles. The third kappa shape index (κ3) is 9.04. The van der Waals surface area contributed by atoms with E-state index >= 15 is 4.39 Å². The van der Waals surface area contributed by atoms with E-state index in [9.17, 15) is 18.8 Å². The number of aryl methyl sites for hydroxylation is 5. The number of carbonyl (C=O) groups excluding carboxylic acids is 2. The molecule has 260 valence electrons. The molecule has 0 spiro atoms. The molecule has 1 fully saturated rings. The van der Waals surface area contributed by atoms with Crippen molar-refractivity contribution in [2.75, 3.05) is 26.2 Å². The molecule has 4 rings (SSSR count). The van der Waals surface area contributed by atoms with Gasteiger partial charge in [0, 0.05) is 38.0 Å². The van der Waals surface area contributed by atoms with Gasteiger partial charge in [-0.1, -0.05) is 31.5 Å². The summed E-state index contributed by atoms with van der Waals surface area (Å²) in [5, 5.41) is 4.64. The number of benzene rings is 2. The molecule has 1 aromatic heterocycles. The van der Waals surface area contributed by atoms with Gasteiger partial charge < -0.3 is 4.74 Å². The highest BCUT2D eigenvalue weighted by molar-refractivity contribution is 5.83. The fourth-order valence-corrected chi connectivity index (χ4v) is 6.96. The lowest BCUT2D eigenvalue weighted by atomic mass is 9.84. The first-order valence-electron chi connectivity index (χ1n) is 17.2. The number of likely N-dealkylation sites (tertiary alicyclic amines) is 1. The molecular formula is C39H51F2N3O4. The molecule has 0 unspecified atom stereocenters. The number of hydrogen-bond donors (Lipinski definition) is 0. The fourth-order valence-electron chi connectivity index (χ4n) is 6.96. The maximum atomic E-state index is 16.0. The molecule has 2 aromatic carbocycles. The van der Waals surface area contributed by atoms with Gasteiger partial charge in [0.2, 0.25) is 0 Å². The Morgan fingerprint density at radius 3 is 2.25 bits per heavy atom. The van der Waals surface area contributed by atoms with Crippen molar-refractivity contribution in [2.24, 2.45) is 5.92 Å². The summed E-state index contributed by atoms with van der Waals surface area (Å²) in [5.74, 6) is -1.58. The van der Waals surface area contributed by atoms with Gasteiger partial charge in [0.15, 0.2) is 5.78 Å². The van der Waals surface area contributed by atoms with Crippen LogP contribution < -0.4 is 5.56 Å². The van der Waals surface area contributed by atoms with Crippen molar-refractivity contribution in [3.8, 4) is 11.1 Å². The topological polar surface area (TPSA) is 81.5 Å². The van der Waals surface area contributed by atoms with E-state index < -0.39 is 29.9 Å². The molecular weight excluding hydrogens is 612 g/mol. The van der Waals surface area contributed by atoms with E-state index in [0.29, 0.717) is 54.9 Å². The Hall–Kier alpha value is -3.72. The molecule has 48 heavy (non-hydrogen) atoms. The number of nitrogens with zero attached hydrogens (tertiary/aromatic N) is 3. The van der Waals surface area contributed by atoms with Crippen LogP contribution in [0.4, 0.5) is 8.78 Å². The van der Waals surface area contributed by atoms with Crippen LogP contribution in [0.25, 0.3) is 11.1 Å². The number of hydrogen-bond acceptors (Lipinski definition) is 6. The lowest BCUT2D eigenvalue weighted by Crippen LogP contribution is -2.49. The molecule has 1 aliphatic rings. The Morgan fingerprint density at radius 2 is 1.65 bits per heavy atom. The van der Waals surface area contributed by atoms with Crippen molar-refractivity contribution in [2.45, 2.75) is 106 Å². The summed E-state index contributed by atoms with van der Waals surface area (Å²) >= 11 is 0. The lowest BCUT2D eigenvalue weighted by Gasteiger charge is -2.34. The smallest absolute Gasteiger partial charge is 0.306 e. The van der Waals surface area contributed by atoms with Crippen LogP contribution in [0.1, 0.15) is 97.5 Å². The number of halogens is 2. The van der Waals surface area contributed by atoms with Crippen LogP contribution in [-0.2, 0) is 20.7 Å². The Bertz CT molecular complexity index is 1670. The molecule has 0 bridgehead atoms. The maximum Gasteiger partial charge on any atom is 0.306 e. The summed E-state index contributed by atoms with van der Waals surface area (Å²) < 4.78 is 35.9. The predicted molar refractivity (Wildman–Crippen MR) is 186 cm³/mol. The Labute approximate surface area is 283 Å². The van der Waals surface area contributed by atoms with Crippen LogP contribution in [0.2, 0.25) is 0 Å². The molecule has 1 saturated heterocycles. The lowest BCUT2D eigenvalue weighted by molar-refractivity contribution is -0.143. The van der Waals surface area contributed by atoms with Crippen LogP contribution in [0.5, 0.6) is 0 Å². The van der Waals surface area contributed by atoms with Gasteiger partial charge in [-0.05, 0) is 118 Å². The average Bonchev–Trinajstić information content (AvgIpc) is 2.98. The second-order valence-corrected chi connectivity index (χ2v) is 14.0. The third-order valence-corrected chi connectivity index (χ3v) is 9.27. The Kier molecular flexibility index (Phi) is 12.5. The van der Waals surface area contributed by atoms with Gasteiger partial charge in [0.05, 0.1) is 18.7 Å². The molecule has 3 aromatic rings. The van der Waals surface area contributed by atoms with E-state index in [1.54, 1.807) is 26.8 Å². The number of esters is 1. The quantitative estimate of drug-likeness (QED) is 0.157. The molecule has 2 atom stereocenters. The van der Waals surface area contributed by atoms with E-state index in [1.165, 1.54) is 4.68 Å². The zero-order chi connectivity index (χ0) is 35.3. The van der Waals surface area contributed by atoms with Crippen molar-refractivity contribution in [3.63, 3.8) is 0 Å². The molecule has 0 N–H and O–H groups in total. The fraction of sp³-hybridized carbons (Fsp3) is 0.538. The van der Waals surface area contributed by atoms with Crippen molar-refractivity contribution in [3.05, 3.63) is 85.6 Å². The first kappa shape index (κ1) is 37.1. The second kappa shape index (κ2) is 16.1. The van der Waals surface area contributed by atoms with Crippen LogP contribution in [0, 0.1) is 46.4 Å². The minimum absolute atomic E-state index is 0.0236. The highest BCUT2D eigenvalue weighted by Gasteiger charge is 2.29. The van der Waals surface area contributed by atoms with Gasteiger partial charge in [-0.15, -0.1) is 0 Å². The van der Waals surface area contributed by atoms with Gasteiger partial charge in [0.1, 0.15) is 18.0 Å². The number of carbonyl (C=O) groups is 2. The summed E-state index contributed by atoms with van der Waals surface area (Å²) in [5.41, 5.74) is 6.84. The normalized spacial score (nSPS) is 15.0. The van der Waals surface area contributed by atoms with Crippen LogP contribution in [-0.4, -0.2) is 58.8 Å². The number of aromatic nitrogens is 2. The number of alkyl halides is 1. The predicted octanol–water partition coefficient (Wildman–Crippen LogP) is 7.46. The van der Waals surface area contributed by atoms with E-state index in [0.717, 1.165) is 27.8 Å².